The number of rotatable bonds is 5. The first-order chi connectivity index (χ1) is 10.2. The van der Waals surface area contributed by atoms with Crippen molar-refractivity contribution in [3.63, 3.8) is 0 Å². The number of fused-ring (bicyclic) bond motifs is 1. The largest absolute Gasteiger partial charge is 0.307 e. The van der Waals surface area contributed by atoms with Gasteiger partial charge in [-0.05, 0) is 37.1 Å². The van der Waals surface area contributed by atoms with E-state index in [0.717, 1.165) is 17.0 Å². The van der Waals surface area contributed by atoms with E-state index in [0.29, 0.717) is 13.0 Å². The van der Waals surface area contributed by atoms with Gasteiger partial charge in [0.2, 0.25) is 0 Å². The lowest BCUT2D eigenvalue weighted by Crippen LogP contribution is -2.28. The molecule has 21 heavy (non-hydrogen) atoms. The van der Waals surface area contributed by atoms with Crippen molar-refractivity contribution in [3.05, 3.63) is 65.9 Å². The van der Waals surface area contributed by atoms with Crippen molar-refractivity contribution in [2.75, 3.05) is 0 Å². The van der Waals surface area contributed by atoms with E-state index in [1.54, 1.807) is 6.07 Å². The van der Waals surface area contributed by atoms with E-state index in [1.165, 1.54) is 6.07 Å². The van der Waals surface area contributed by atoms with Gasteiger partial charge in [-0.25, -0.2) is 4.39 Å². The molecule has 2 aromatic heterocycles. The summed E-state index contributed by atoms with van der Waals surface area (Å²) >= 11 is 0. The Balaban J connectivity index is 1.63. The van der Waals surface area contributed by atoms with Crippen LogP contribution in [0.15, 0.2) is 48.7 Å². The molecule has 0 aliphatic carbocycles. The SMILES string of the molecule is CC(Cc1ccccc1F)NCc1nnc2ccccn12. The van der Waals surface area contributed by atoms with E-state index in [9.17, 15) is 4.39 Å². The average Bonchev–Trinajstić information content (AvgIpc) is 2.91. The summed E-state index contributed by atoms with van der Waals surface area (Å²) in [4.78, 5) is 0. The van der Waals surface area contributed by atoms with Crippen molar-refractivity contribution in [3.8, 4) is 0 Å². The van der Waals surface area contributed by atoms with Crippen molar-refractivity contribution in [1.29, 1.82) is 0 Å². The lowest BCUT2D eigenvalue weighted by molar-refractivity contribution is 0.515. The number of benzene rings is 1. The minimum atomic E-state index is -0.154. The Morgan fingerprint density at radius 3 is 2.81 bits per heavy atom. The van der Waals surface area contributed by atoms with Crippen LogP contribution in [-0.2, 0) is 13.0 Å². The molecule has 0 spiro atoms. The number of hydrogen-bond donors (Lipinski definition) is 1. The molecule has 1 atom stereocenters. The molecule has 1 unspecified atom stereocenters. The van der Waals surface area contributed by atoms with Crippen LogP contribution in [0.25, 0.3) is 5.65 Å². The molecule has 0 saturated carbocycles. The second-order valence-corrected chi connectivity index (χ2v) is 5.12. The first kappa shape index (κ1) is 13.7. The van der Waals surface area contributed by atoms with Crippen LogP contribution in [0.3, 0.4) is 0 Å². The second-order valence-electron chi connectivity index (χ2n) is 5.12. The van der Waals surface area contributed by atoms with E-state index < -0.39 is 0 Å². The normalized spacial score (nSPS) is 12.7. The molecule has 3 aromatic rings. The predicted molar refractivity (Wildman–Crippen MR) is 79.4 cm³/mol. The molecule has 0 fully saturated rings. The van der Waals surface area contributed by atoms with Crippen LogP contribution in [0.1, 0.15) is 18.3 Å². The Morgan fingerprint density at radius 2 is 1.95 bits per heavy atom. The summed E-state index contributed by atoms with van der Waals surface area (Å²) < 4.78 is 15.6. The van der Waals surface area contributed by atoms with Crippen molar-refractivity contribution < 1.29 is 4.39 Å². The summed E-state index contributed by atoms with van der Waals surface area (Å²) in [6.07, 6.45) is 2.58. The van der Waals surface area contributed by atoms with Gasteiger partial charge in [0, 0.05) is 12.2 Å². The van der Waals surface area contributed by atoms with E-state index in [1.807, 2.05) is 47.9 Å². The van der Waals surface area contributed by atoms with Gasteiger partial charge in [-0.1, -0.05) is 24.3 Å². The summed E-state index contributed by atoms with van der Waals surface area (Å²) in [7, 11) is 0. The van der Waals surface area contributed by atoms with Crippen LogP contribution in [0.4, 0.5) is 4.39 Å². The molecule has 2 heterocycles. The highest BCUT2D eigenvalue weighted by molar-refractivity contribution is 5.36. The Labute approximate surface area is 122 Å². The molecule has 0 radical (unpaired) electrons. The number of halogens is 1. The van der Waals surface area contributed by atoms with Crippen LogP contribution >= 0.6 is 0 Å². The molecule has 0 saturated heterocycles. The molecule has 1 aromatic carbocycles. The van der Waals surface area contributed by atoms with Gasteiger partial charge in [-0.15, -0.1) is 10.2 Å². The fourth-order valence-electron chi connectivity index (χ4n) is 2.34. The van der Waals surface area contributed by atoms with Crippen molar-refractivity contribution in [1.82, 2.24) is 19.9 Å². The smallest absolute Gasteiger partial charge is 0.160 e. The fraction of sp³-hybridized carbons (Fsp3) is 0.250. The minimum Gasteiger partial charge on any atom is -0.307 e. The number of pyridine rings is 1. The van der Waals surface area contributed by atoms with E-state index in [2.05, 4.69) is 15.5 Å². The second kappa shape index (κ2) is 6.01. The highest BCUT2D eigenvalue weighted by atomic mass is 19.1. The van der Waals surface area contributed by atoms with Gasteiger partial charge in [0.15, 0.2) is 11.5 Å². The molecule has 5 heteroatoms. The third-order valence-electron chi connectivity index (χ3n) is 3.48. The lowest BCUT2D eigenvalue weighted by atomic mass is 10.1. The third-order valence-corrected chi connectivity index (χ3v) is 3.48. The van der Waals surface area contributed by atoms with Gasteiger partial charge in [0.25, 0.3) is 0 Å². The van der Waals surface area contributed by atoms with Gasteiger partial charge in [-0.2, -0.15) is 0 Å². The Kier molecular flexibility index (Phi) is 3.92. The zero-order valence-corrected chi connectivity index (χ0v) is 11.8. The molecule has 0 aliphatic heterocycles. The maximum absolute atomic E-state index is 13.6. The zero-order valence-electron chi connectivity index (χ0n) is 11.8. The summed E-state index contributed by atoms with van der Waals surface area (Å²) in [5.41, 5.74) is 1.56. The van der Waals surface area contributed by atoms with Gasteiger partial charge in [-0.3, -0.25) is 4.40 Å². The molecule has 0 bridgehead atoms. The monoisotopic (exact) mass is 284 g/mol. The topological polar surface area (TPSA) is 42.2 Å². The average molecular weight is 284 g/mol. The quantitative estimate of drug-likeness (QED) is 0.783. The Bertz CT molecular complexity index is 738. The first-order valence-corrected chi connectivity index (χ1v) is 6.99. The summed E-state index contributed by atoms with van der Waals surface area (Å²) in [6, 6.07) is 12.8. The molecule has 4 nitrogen and oxygen atoms in total. The first-order valence-electron chi connectivity index (χ1n) is 6.99. The molecular weight excluding hydrogens is 267 g/mol. The van der Waals surface area contributed by atoms with Crippen LogP contribution in [0.2, 0.25) is 0 Å². The number of nitrogens with one attached hydrogen (secondary N) is 1. The van der Waals surface area contributed by atoms with Gasteiger partial charge < -0.3 is 5.32 Å². The molecule has 0 amide bonds. The molecule has 1 N–H and O–H groups in total. The van der Waals surface area contributed by atoms with Crippen molar-refractivity contribution >= 4 is 5.65 Å². The molecule has 0 aliphatic rings. The van der Waals surface area contributed by atoms with E-state index in [4.69, 9.17) is 0 Å². The molecule has 3 rings (SSSR count). The van der Waals surface area contributed by atoms with Crippen LogP contribution in [-0.4, -0.2) is 20.6 Å². The number of nitrogens with zero attached hydrogens (tertiary/aromatic N) is 3. The highest BCUT2D eigenvalue weighted by Crippen LogP contribution is 2.09. The standard InChI is InChI=1S/C16H17FN4/c1-12(10-13-6-2-3-7-14(13)17)18-11-16-20-19-15-8-4-5-9-21(15)16/h2-9,12,18H,10-11H2,1H3. The lowest BCUT2D eigenvalue weighted by Gasteiger charge is -2.13. The van der Waals surface area contributed by atoms with Crippen LogP contribution < -0.4 is 5.32 Å². The maximum Gasteiger partial charge on any atom is 0.160 e. The van der Waals surface area contributed by atoms with Gasteiger partial charge in [0.05, 0.1) is 6.54 Å². The highest BCUT2D eigenvalue weighted by Gasteiger charge is 2.09. The zero-order chi connectivity index (χ0) is 14.7. The van der Waals surface area contributed by atoms with Crippen molar-refractivity contribution in [2.24, 2.45) is 0 Å². The molecular formula is C16H17FN4. The van der Waals surface area contributed by atoms with Crippen LogP contribution in [0.5, 0.6) is 0 Å². The number of hydrogen-bond acceptors (Lipinski definition) is 3. The van der Waals surface area contributed by atoms with Crippen LogP contribution in [0, 0.1) is 5.82 Å². The van der Waals surface area contributed by atoms with Crippen molar-refractivity contribution in [2.45, 2.75) is 25.9 Å². The summed E-state index contributed by atoms with van der Waals surface area (Å²) in [5, 5.41) is 11.6. The van der Waals surface area contributed by atoms with E-state index in [-0.39, 0.29) is 11.9 Å². The molecule has 108 valence electrons. The fourth-order valence-corrected chi connectivity index (χ4v) is 2.34. The third kappa shape index (κ3) is 3.08. The summed E-state index contributed by atoms with van der Waals surface area (Å²) in [6.45, 7) is 2.64. The summed E-state index contributed by atoms with van der Waals surface area (Å²) in [5.74, 6) is 0.699. The minimum absolute atomic E-state index is 0.151. The van der Waals surface area contributed by atoms with E-state index >= 15 is 0 Å². The van der Waals surface area contributed by atoms with Gasteiger partial charge in [0.1, 0.15) is 5.82 Å². The maximum atomic E-state index is 13.6. The predicted octanol–water partition coefficient (Wildman–Crippen LogP) is 2.59. The number of aromatic nitrogens is 3. The Hall–Kier alpha value is -2.27. The van der Waals surface area contributed by atoms with Gasteiger partial charge >= 0.3 is 0 Å². The Morgan fingerprint density at radius 1 is 1.14 bits per heavy atom.